The molecule has 0 spiro atoms. The summed E-state index contributed by atoms with van der Waals surface area (Å²) >= 11 is 0. The van der Waals surface area contributed by atoms with Crippen molar-refractivity contribution in [3.05, 3.63) is 17.5 Å². The predicted molar refractivity (Wildman–Crippen MR) is 70.3 cm³/mol. The molecule has 0 saturated heterocycles. The molecule has 0 aliphatic carbocycles. The van der Waals surface area contributed by atoms with Crippen LogP contribution < -0.4 is 5.32 Å². The lowest BCUT2D eigenvalue weighted by Crippen LogP contribution is -2.28. The second kappa shape index (κ2) is 6.00. The number of carbonyl (C=O) groups excluding carboxylic acids is 1. The topological polar surface area (TPSA) is 56.1 Å². The van der Waals surface area contributed by atoms with Crippen molar-refractivity contribution >= 4 is 5.97 Å². The minimum Gasteiger partial charge on any atom is -0.462 e. The second-order valence-electron chi connectivity index (χ2n) is 5.51. The average molecular weight is 253 g/mol. The summed E-state index contributed by atoms with van der Waals surface area (Å²) in [4.78, 5) is 11.7. The quantitative estimate of drug-likeness (QED) is 0.812. The molecule has 1 aromatic rings. The number of nitrogens with one attached hydrogen (secondary N) is 1. The Hall–Kier alpha value is -1.36. The summed E-state index contributed by atoms with van der Waals surface area (Å²) in [5.41, 5.74) is 1.61. The van der Waals surface area contributed by atoms with Gasteiger partial charge in [0.05, 0.1) is 18.5 Å². The molecule has 5 heteroatoms. The Labute approximate surface area is 109 Å². The van der Waals surface area contributed by atoms with Gasteiger partial charge in [-0.2, -0.15) is 5.10 Å². The molecule has 18 heavy (non-hydrogen) atoms. The summed E-state index contributed by atoms with van der Waals surface area (Å²) in [6, 6.07) is 0. The molecule has 0 aromatic carbocycles. The van der Waals surface area contributed by atoms with Crippen LogP contribution in [0.25, 0.3) is 0 Å². The molecule has 102 valence electrons. The van der Waals surface area contributed by atoms with Crippen molar-refractivity contribution in [3.8, 4) is 0 Å². The lowest BCUT2D eigenvalue weighted by molar-refractivity contribution is 0.0524. The van der Waals surface area contributed by atoms with E-state index >= 15 is 0 Å². The van der Waals surface area contributed by atoms with Gasteiger partial charge in [0, 0.05) is 20.1 Å². The maximum Gasteiger partial charge on any atom is 0.341 e. The van der Waals surface area contributed by atoms with Crippen molar-refractivity contribution in [3.63, 3.8) is 0 Å². The maximum atomic E-state index is 11.7. The predicted octanol–water partition coefficient (Wildman–Crippen LogP) is 1.73. The molecule has 0 bridgehead atoms. The standard InChI is InChI=1S/C13H23N3O2/c1-6-18-12(17)10-7-15-16(5)11(10)8-14-9-13(2,3)4/h7,14H,6,8-9H2,1-5H3. The summed E-state index contributed by atoms with van der Waals surface area (Å²) in [5.74, 6) is -0.307. The zero-order chi connectivity index (χ0) is 13.8. The van der Waals surface area contributed by atoms with E-state index in [1.54, 1.807) is 17.8 Å². The molecule has 1 heterocycles. The second-order valence-corrected chi connectivity index (χ2v) is 5.51. The van der Waals surface area contributed by atoms with Gasteiger partial charge in [0.15, 0.2) is 0 Å². The van der Waals surface area contributed by atoms with Gasteiger partial charge in [-0.15, -0.1) is 0 Å². The lowest BCUT2D eigenvalue weighted by Gasteiger charge is -2.19. The van der Waals surface area contributed by atoms with Crippen LogP contribution in [0.2, 0.25) is 0 Å². The number of ether oxygens (including phenoxy) is 1. The lowest BCUT2D eigenvalue weighted by atomic mass is 9.97. The molecule has 0 aliphatic rings. The Morgan fingerprint density at radius 2 is 2.17 bits per heavy atom. The molecule has 5 nitrogen and oxygen atoms in total. The molecule has 0 aliphatic heterocycles. The van der Waals surface area contributed by atoms with Crippen molar-refractivity contribution in [1.29, 1.82) is 0 Å². The number of rotatable bonds is 5. The number of hydrogen-bond acceptors (Lipinski definition) is 4. The van der Waals surface area contributed by atoms with Crippen LogP contribution in [0.4, 0.5) is 0 Å². The van der Waals surface area contributed by atoms with Crippen molar-refractivity contribution in [1.82, 2.24) is 15.1 Å². The van der Waals surface area contributed by atoms with Crippen molar-refractivity contribution in [2.45, 2.75) is 34.2 Å². The van der Waals surface area contributed by atoms with E-state index in [1.807, 2.05) is 7.05 Å². The SMILES string of the molecule is CCOC(=O)c1cnn(C)c1CNCC(C)(C)C. The van der Waals surface area contributed by atoms with E-state index in [1.165, 1.54) is 0 Å². The van der Waals surface area contributed by atoms with Crippen LogP contribution in [0, 0.1) is 5.41 Å². The van der Waals surface area contributed by atoms with E-state index in [0.29, 0.717) is 18.7 Å². The Morgan fingerprint density at radius 3 is 2.72 bits per heavy atom. The van der Waals surface area contributed by atoms with E-state index in [0.717, 1.165) is 12.2 Å². The zero-order valence-corrected chi connectivity index (χ0v) is 11.9. The number of esters is 1. The maximum absolute atomic E-state index is 11.7. The third-order valence-electron chi connectivity index (χ3n) is 2.50. The van der Waals surface area contributed by atoms with Gasteiger partial charge in [0.25, 0.3) is 0 Å². The Morgan fingerprint density at radius 1 is 1.50 bits per heavy atom. The first-order valence-corrected chi connectivity index (χ1v) is 6.24. The monoisotopic (exact) mass is 253 g/mol. The fourth-order valence-corrected chi connectivity index (χ4v) is 1.61. The number of hydrogen-bond donors (Lipinski definition) is 1. The van der Waals surface area contributed by atoms with Crippen LogP contribution in [0.15, 0.2) is 6.20 Å². The normalized spacial score (nSPS) is 11.6. The van der Waals surface area contributed by atoms with Crippen LogP contribution in [-0.2, 0) is 18.3 Å². The third kappa shape index (κ3) is 4.14. The highest BCUT2D eigenvalue weighted by molar-refractivity contribution is 5.90. The molecule has 1 aromatic heterocycles. The molecule has 0 unspecified atom stereocenters. The van der Waals surface area contributed by atoms with Gasteiger partial charge in [0.2, 0.25) is 0 Å². The van der Waals surface area contributed by atoms with E-state index < -0.39 is 0 Å². The van der Waals surface area contributed by atoms with E-state index in [2.05, 4.69) is 31.2 Å². The summed E-state index contributed by atoms with van der Waals surface area (Å²) in [5, 5.41) is 7.45. The Balaban J connectivity index is 2.70. The first kappa shape index (κ1) is 14.7. The van der Waals surface area contributed by atoms with Gasteiger partial charge in [0.1, 0.15) is 5.56 Å². The Bertz CT molecular complexity index is 405. The van der Waals surface area contributed by atoms with Gasteiger partial charge >= 0.3 is 5.97 Å². The van der Waals surface area contributed by atoms with Gasteiger partial charge in [-0.3, -0.25) is 4.68 Å². The fraction of sp³-hybridized carbons (Fsp3) is 0.692. The minimum atomic E-state index is -0.307. The molecular formula is C13H23N3O2. The highest BCUT2D eigenvalue weighted by Crippen LogP contribution is 2.13. The number of aryl methyl sites for hydroxylation is 1. The minimum absolute atomic E-state index is 0.211. The average Bonchev–Trinajstić information content (AvgIpc) is 2.59. The summed E-state index contributed by atoms with van der Waals surface area (Å²) < 4.78 is 6.72. The summed E-state index contributed by atoms with van der Waals surface area (Å²) in [6.07, 6.45) is 1.56. The molecule has 0 saturated carbocycles. The van der Waals surface area contributed by atoms with Crippen LogP contribution in [-0.4, -0.2) is 28.9 Å². The van der Waals surface area contributed by atoms with Crippen LogP contribution in [0.1, 0.15) is 43.7 Å². The van der Waals surface area contributed by atoms with Gasteiger partial charge in [-0.05, 0) is 12.3 Å². The molecule has 0 radical (unpaired) electrons. The number of carbonyl (C=O) groups is 1. The van der Waals surface area contributed by atoms with Crippen molar-refractivity contribution in [2.24, 2.45) is 12.5 Å². The van der Waals surface area contributed by atoms with E-state index in [9.17, 15) is 4.79 Å². The molecule has 0 amide bonds. The first-order valence-electron chi connectivity index (χ1n) is 6.24. The molecule has 1 rings (SSSR count). The highest BCUT2D eigenvalue weighted by Gasteiger charge is 2.17. The van der Waals surface area contributed by atoms with Crippen LogP contribution >= 0.6 is 0 Å². The Kier molecular flexibility index (Phi) is 4.90. The van der Waals surface area contributed by atoms with E-state index in [-0.39, 0.29) is 11.4 Å². The largest absolute Gasteiger partial charge is 0.462 e. The van der Waals surface area contributed by atoms with Crippen molar-refractivity contribution in [2.75, 3.05) is 13.2 Å². The van der Waals surface area contributed by atoms with Crippen molar-refractivity contribution < 1.29 is 9.53 Å². The molecule has 0 atom stereocenters. The fourth-order valence-electron chi connectivity index (χ4n) is 1.61. The molecule has 1 N–H and O–H groups in total. The summed E-state index contributed by atoms with van der Waals surface area (Å²) in [7, 11) is 1.83. The van der Waals surface area contributed by atoms with E-state index in [4.69, 9.17) is 4.74 Å². The van der Waals surface area contributed by atoms with Gasteiger partial charge < -0.3 is 10.1 Å². The van der Waals surface area contributed by atoms with Gasteiger partial charge in [-0.25, -0.2) is 4.79 Å². The third-order valence-corrected chi connectivity index (χ3v) is 2.50. The molecule has 0 fully saturated rings. The smallest absolute Gasteiger partial charge is 0.341 e. The highest BCUT2D eigenvalue weighted by atomic mass is 16.5. The number of aromatic nitrogens is 2. The number of nitrogens with zero attached hydrogens (tertiary/aromatic N) is 2. The van der Waals surface area contributed by atoms with Gasteiger partial charge in [-0.1, -0.05) is 20.8 Å². The van der Waals surface area contributed by atoms with Crippen LogP contribution in [0.3, 0.4) is 0 Å². The zero-order valence-electron chi connectivity index (χ0n) is 11.9. The summed E-state index contributed by atoms with van der Waals surface area (Å²) in [6.45, 7) is 10.2. The first-order chi connectivity index (χ1) is 8.35. The van der Waals surface area contributed by atoms with Crippen LogP contribution in [0.5, 0.6) is 0 Å². The molecular weight excluding hydrogens is 230 g/mol.